The highest BCUT2D eigenvalue weighted by atomic mass is 16.1. The number of Topliss-reactive ketones (excluding diaryl/α,β-unsaturated/α-hetero) is 1. The van der Waals surface area contributed by atoms with E-state index in [1.807, 2.05) is 24.3 Å². The van der Waals surface area contributed by atoms with E-state index in [0.29, 0.717) is 12.0 Å². The predicted octanol–water partition coefficient (Wildman–Crippen LogP) is 4.33. The van der Waals surface area contributed by atoms with E-state index in [-0.39, 0.29) is 5.78 Å². The van der Waals surface area contributed by atoms with E-state index in [1.165, 1.54) is 10.9 Å². The first kappa shape index (κ1) is 15.1. The second-order valence-electron chi connectivity index (χ2n) is 5.87. The third-order valence-corrected chi connectivity index (χ3v) is 4.07. The molecule has 3 rings (SSSR count). The zero-order valence-corrected chi connectivity index (χ0v) is 13.3. The maximum Gasteiger partial charge on any atom is 0.130 e. The van der Waals surface area contributed by atoms with Gasteiger partial charge in [0.05, 0.1) is 17.1 Å². The van der Waals surface area contributed by atoms with Crippen molar-refractivity contribution in [3.8, 4) is 11.8 Å². The molecule has 0 amide bonds. The van der Waals surface area contributed by atoms with Crippen molar-refractivity contribution in [2.24, 2.45) is 0 Å². The summed E-state index contributed by atoms with van der Waals surface area (Å²) in [6, 6.07) is 18.3. The van der Waals surface area contributed by atoms with Crippen LogP contribution >= 0.6 is 0 Å². The smallest absolute Gasteiger partial charge is 0.130 e. The molecule has 3 aromatic rings. The summed E-state index contributed by atoms with van der Waals surface area (Å²) in [7, 11) is 0. The lowest BCUT2D eigenvalue weighted by Gasteiger charge is -2.09. The minimum atomic E-state index is 0.212. The number of aromatic nitrogens is 1. The van der Waals surface area contributed by atoms with Crippen LogP contribution in [0.4, 0.5) is 0 Å². The fraction of sp³-hybridized carbons (Fsp3) is 0.200. The number of fused-ring (bicyclic) bond motifs is 1. The minimum absolute atomic E-state index is 0.212. The Kier molecular flexibility index (Phi) is 3.99. The summed E-state index contributed by atoms with van der Waals surface area (Å²) in [6.45, 7) is 3.70. The van der Waals surface area contributed by atoms with Crippen molar-refractivity contribution < 1.29 is 4.79 Å². The van der Waals surface area contributed by atoms with Crippen LogP contribution in [0.15, 0.2) is 48.5 Å². The van der Waals surface area contributed by atoms with Crippen molar-refractivity contribution in [2.75, 3.05) is 0 Å². The Morgan fingerprint density at radius 2 is 1.87 bits per heavy atom. The van der Waals surface area contributed by atoms with Crippen molar-refractivity contribution in [3.63, 3.8) is 0 Å². The zero-order chi connectivity index (χ0) is 16.4. The summed E-state index contributed by atoms with van der Waals surface area (Å²) in [5.74, 6) is 0.212. The van der Waals surface area contributed by atoms with Gasteiger partial charge in [-0.15, -0.1) is 0 Å². The number of aryl methyl sites for hydroxylation is 2. The maximum atomic E-state index is 11.2. The summed E-state index contributed by atoms with van der Waals surface area (Å²) in [5, 5.41) is 10.1. The molecule has 0 N–H and O–H groups in total. The summed E-state index contributed by atoms with van der Waals surface area (Å²) < 4.78 is 2.19. The standard InChI is InChI=1S/C20H18N2O/c1-14-11-18-8-5-16(4-3-15(2)23)12-20(18)22(14)19-9-6-17(13-21)7-10-19/h5-12H,3-4H2,1-2H3. The van der Waals surface area contributed by atoms with E-state index in [9.17, 15) is 4.79 Å². The van der Waals surface area contributed by atoms with Crippen molar-refractivity contribution in [1.82, 2.24) is 4.57 Å². The number of hydrogen-bond donors (Lipinski definition) is 0. The number of carbonyl (C=O) groups excluding carboxylic acids is 1. The molecule has 23 heavy (non-hydrogen) atoms. The van der Waals surface area contributed by atoms with Gasteiger partial charge in [-0.25, -0.2) is 0 Å². The SMILES string of the molecule is CC(=O)CCc1ccc2cc(C)n(-c3ccc(C#N)cc3)c2c1. The molecule has 0 saturated carbocycles. The predicted molar refractivity (Wildman–Crippen MR) is 91.7 cm³/mol. The van der Waals surface area contributed by atoms with Gasteiger partial charge in [0.15, 0.2) is 0 Å². The van der Waals surface area contributed by atoms with Gasteiger partial charge >= 0.3 is 0 Å². The van der Waals surface area contributed by atoms with Gasteiger partial charge in [-0.2, -0.15) is 5.26 Å². The molecule has 0 aliphatic heterocycles. The highest BCUT2D eigenvalue weighted by molar-refractivity contribution is 5.84. The molecule has 0 aliphatic carbocycles. The van der Waals surface area contributed by atoms with Crippen LogP contribution in [-0.4, -0.2) is 10.4 Å². The third-order valence-electron chi connectivity index (χ3n) is 4.07. The first-order valence-corrected chi connectivity index (χ1v) is 7.69. The molecule has 0 bridgehead atoms. The average Bonchev–Trinajstić information content (AvgIpc) is 2.88. The van der Waals surface area contributed by atoms with Gasteiger partial charge in [-0.3, -0.25) is 0 Å². The molecule has 2 aromatic carbocycles. The third kappa shape index (κ3) is 3.02. The van der Waals surface area contributed by atoms with E-state index in [1.54, 1.807) is 6.92 Å². The van der Waals surface area contributed by atoms with Gasteiger partial charge in [0, 0.05) is 23.2 Å². The van der Waals surface area contributed by atoms with Crippen LogP contribution in [0.25, 0.3) is 16.6 Å². The van der Waals surface area contributed by atoms with Crippen LogP contribution in [0.5, 0.6) is 0 Å². The Morgan fingerprint density at radius 1 is 1.13 bits per heavy atom. The zero-order valence-electron chi connectivity index (χ0n) is 13.3. The van der Waals surface area contributed by atoms with E-state index >= 15 is 0 Å². The normalized spacial score (nSPS) is 10.7. The Morgan fingerprint density at radius 3 is 2.52 bits per heavy atom. The molecular formula is C20H18N2O. The van der Waals surface area contributed by atoms with Crippen molar-refractivity contribution in [1.29, 1.82) is 5.26 Å². The van der Waals surface area contributed by atoms with Gasteiger partial charge in [0.25, 0.3) is 0 Å². The maximum absolute atomic E-state index is 11.2. The van der Waals surface area contributed by atoms with Crippen LogP contribution in [-0.2, 0) is 11.2 Å². The number of carbonyl (C=O) groups is 1. The number of hydrogen-bond acceptors (Lipinski definition) is 2. The van der Waals surface area contributed by atoms with E-state index in [0.717, 1.165) is 23.3 Å². The number of ketones is 1. The molecule has 0 unspecified atom stereocenters. The van der Waals surface area contributed by atoms with Crippen LogP contribution in [0.2, 0.25) is 0 Å². The lowest BCUT2D eigenvalue weighted by Crippen LogP contribution is -1.98. The summed E-state index contributed by atoms with van der Waals surface area (Å²) in [4.78, 5) is 11.2. The van der Waals surface area contributed by atoms with Crippen LogP contribution < -0.4 is 0 Å². The van der Waals surface area contributed by atoms with Crippen molar-refractivity contribution in [2.45, 2.75) is 26.7 Å². The molecule has 114 valence electrons. The molecule has 3 nitrogen and oxygen atoms in total. The van der Waals surface area contributed by atoms with Crippen LogP contribution in [0, 0.1) is 18.3 Å². The Bertz CT molecular complexity index is 911. The topological polar surface area (TPSA) is 45.8 Å². The second-order valence-corrected chi connectivity index (χ2v) is 5.87. The summed E-state index contributed by atoms with van der Waals surface area (Å²) in [6.07, 6.45) is 1.34. The average molecular weight is 302 g/mol. The molecule has 0 aliphatic rings. The molecule has 0 atom stereocenters. The molecule has 0 radical (unpaired) electrons. The second kappa shape index (κ2) is 6.10. The summed E-state index contributed by atoms with van der Waals surface area (Å²) in [5.41, 5.74) is 5.15. The molecule has 1 heterocycles. The van der Waals surface area contributed by atoms with Gasteiger partial charge in [-0.05, 0) is 62.2 Å². The summed E-state index contributed by atoms with van der Waals surface area (Å²) >= 11 is 0. The first-order valence-electron chi connectivity index (χ1n) is 7.69. The fourth-order valence-electron chi connectivity index (χ4n) is 2.89. The Balaban J connectivity index is 2.07. The number of rotatable bonds is 4. The van der Waals surface area contributed by atoms with Gasteiger partial charge in [0.2, 0.25) is 0 Å². The molecular weight excluding hydrogens is 284 g/mol. The number of nitriles is 1. The van der Waals surface area contributed by atoms with E-state index < -0.39 is 0 Å². The van der Waals surface area contributed by atoms with Gasteiger partial charge in [0.1, 0.15) is 5.78 Å². The molecule has 0 fully saturated rings. The fourth-order valence-corrected chi connectivity index (χ4v) is 2.89. The molecule has 3 heteroatoms. The quantitative estimate of drug-likeness (QED) is 0.720. The van der Waals surface area contributed by atoms with Gasteiger partial charge in [-0.1, -0.05) is 12.1 Å². The van der Waals surface area contributed by atoms with Crippen molar-refractivity contribution in [3.05, 3.63) is 65.4 Å². The highest BCUT2D eigenvalue weighted by Gasteiger charge is 2.09. The van der Waals surface area contributed by atoms with Crippen LogP contribution in [0.3, 0.4) is 0 Å². The van der Waals surface area contributed by atoms with Crippen molar-refractivity contribution >= 4 is 16.7 Å². The number of nitrogens with zero attached hydrogens (tertiary/aromatic N) is 2. The first-order chi connectivity index (χ1) is 11.1. The molecule has 0 spiro atoms. The molecule has 0 saturated heterocycles. The lowest BCUT2D eigenvalue weighted by molar-refractivity contribution is -0.116. The van der Waals surface area contributed by atoms with Crippen LogP contribution in [0.1, 0.15) is 30.2 Å². The van der Waals surface area contributed by atoms with E-state index in [4.69, 9.17) is 5.26 Å². The Hall–Kier alpha value is -2.86. The lowest BCUT2D eigenvalue weighted by atomic mass is 10.1. The Labute approximate surface area is 135 Å². The van der Waals surface area contributed by atoms with Gasteiger partial charge < -0.3 is 9.36 Å². The molecule has 1 aromatic heterocycles. The minimum Gasteiger partial charge on any atom is -0.314 e. The number of benzene rings is 2. The monoisotopic (exact) mass is 302 g/mol. The van der Waals surface area contributed by atoms with E-state index in [2.05, 4.69) is 41.8 Å². The highest BCUT2D eigenvalue weighted by Crippen LogP contribution is 2.25. The largest absolute Gasteiger partial charge is 0.314 e.